The number of imidazole rings is 1. The first-order valence-electron chi connectivity index (χ1n) is 13.2. The number of hydrogen-bond donors (Lipinski definition) is 1. The van der Waals surface area contributed by atoms with Gasteiger partial charge in [0.25, 0.3) is 5.56 Å². The lowest BCUT2D eigenvalue weighted by Gasteiger charge is -2.21. The maximum atomic E-state index is 14.0. The van der Waals surface area contributed by atoms with Crippen LogP contribution in [0.4, 0.5) is 5.95 Å². The molecule has 6 rings (SSSR count). The number of pyridine rings is 1. The fourth-order valence-corrected chi connectivity index (χ4v) is 5.36. The zero-order chi connectivity index (χ0) is 28.8. The first-order chi connectivity index (χ1) is 19.7. The van der Waals surface area contributed by atoms with Crippen LogP contribution in [-0.2, 0) is 13.0 Å². The molecule has 10 heteroatoms. The van der Waals surface area contributed by atoms with Crippen molar-refractivity contribution in [3.8, 4) is 16.8 Å². The molecule has 1 N–H and O–H groups in total. The molecule has 0 radical (unpaired) electrons. The maximum absolute atomic E-state index is 14.0. The summed E-state index contributed by atoms with van der Waals surface area (Å²) < 4.78 is 5.21. The van der Waals surface area contributed by atoms with E-state index >= 15 is 0 Å². The molecule has 0 saturated heterocycles. The van der Waals surface area contributed by atoms with E-state index in [0.717, 1.165) is 22.5 Å². The van der Waals surface area contributed by atoms with Gasteiger partial charge in [0.05, 0.1) is 33.3 Å². The molecule has 0 unspecified atom stereocenters. The number of nitrogens with zero attached hydrogens (tertiary/aromatic N) is 5. The first-order valence-corrected chi connectivity index (χ1v) is 14.0. The van der Waals surface area contributed by atoms with Gasteiger partial charge in [-0.15, -0.1) is 0 Å². The Morgan fingerprint density at radius 3 is 2.51 bits per heavy atom. The summed E-state index contributed by atoms with van der Waals surface area (Å²) in [4.78, 5) is 36.6. The molecule has 1 aliphatic heterocycles. The minimum absolute atomic E-state index is 0.0255. The lowest BCUT2D eigenvalue weighted by Crippen LogP contribution is -2.38. The Kier molecular flexibility index (Phi) is 6.97. The molecule has 1 amide bonds. The zero-order valence-electron chi connectivity index (χ0n) is 22.7. The SMILES string of the molecule is CC1=[N+](C(=O)c2ccc(Cl)c(Cl)c2)Cc2nc(NC(C)C)n(-c3ccc(-c4ccn5ccnc5c4)cc3)c(=O)c2C1. The van der Waals surface area contributed by atoms with Gasteiger partial charge in [-0.25, -0.2) is 19.3 Å². The maximum Gasteiger partial charge on any atom is 0.419 e. The van der Waals surface area contributed by atoms with Crippen molar-refractivity contribution in [1.29, 1.82) is 0 Å². The van der Waals surface area contributed by atoms with Gasteiger partial charge in [0.2, 0.25) is 5.95 Å². The molecule has 2 aromatic carbocycles. The molecule has 8 nitrogen and oxygen atoms in total. The number of halogens is 2. The predicted molar refractivity (Wildman–Crippen MR) is 162 cm³/mol. The average molecular weight is 587 g/mol. The summed E-state index contributed by atoms with van der Waals surface area (Å²) in [7, 11) is 0. The Hall–Kier alpha value is -4.27. The molecule has 5 aromatic rings. The van der Waals surface area contributed by atoms with E-state index in [1.807, 2.05) is 74.0 Å². The van der Waals surface area contributed by atoms with E-state index in [1.165, 1.54) is 0 Å². The van der Waals surface area contributed by atoms with E-state index < -0.39 is 0 Å². The number of amides is 1. The van der Waals surface area contributed by atoms with Crippen molar-refractivity contribution in [2.75, 3.05) is 5.32 Å². The molecular formula is C31H27Cl2N6O2+. The first kappa shape index (κ1) is 26.9. The van der Waals surface area contributed by atoms with Gasteiger partial charge in [-0.3, -0.25) is 4.79 Å². The van der Waals surface area contributed by atoms with Crippen LogP contribution < -0.4 is 10.9 Å². The lowest BCUT2D eigenvalue weighted by molar-refractivity contribution is -0.450. The third-order valence-corrected chi connectivity index (χ3v) is 7.89. The van der Waals surface area contributed by atoms with Crippen molar-refractivity contribution < 1.29 is 9.37 Å². The standard InChI is InChI=1S/C31H26Cl2N6O2/c1-18(2)35-31-36-27-17-38(29(40)22-6-9-25(32)26(33)15-22)19(3)14-24(27)30(41)39(31)23-7-4-20(5-8-23)21-10-12-37-13-11-34-28(37)16-21/h4-13,15-16,18H,14,17H2,1-3H3/p+1. The number of carbonyl (C=O) groups is 1. The van der Waals surface area contributed by atoms with Crippen molar-refractivity contribution >= 4 is 46.4 Å². The van der Waals surface area contributed by atoms with Crippen molar-refractivity contribution in [3.63, 3.8) is 0 Å². The van der Waals surface area contributed by atoms with E-state index in [-0.39, 0.29) is 24.1 Å². The van der Waals surface area contributed by atoms with Crippen LogP contribution in [0.1, 0.15) is 42.4 Å². The molecule has 4 heterocycles. The second kappa shape index (κ2) is 10.6. The lowest BCUT2D eigenvalue weighted by atomic mass is 10.0. The number of aromatic nitrogens is 4. The number of rotatable bonds is 5. The minimum atomic E-state index is -0.222. The summed E-state index contributed by atoms with van der Waals surface area (Å²) in [6.45, 7) is 6.01. The molecule has 0 spiro atoms. The zero-order valence-corrected chi connectivity index (χ0v) is 24.2. The summed E-state index contributed by atoms with van der Waals surface area (Å²) in [5.74, 6) is 0.206. The highest BCUT2D eigenvalue weighted by molar-refractivity contribution is 6.42. The number of fused-ring (bicyclic) bond motifs is 2. The molecule has 0 bridgehead atoms. The largest absolute Gasteiger partial charge is 0.419 e. The van der Waals surface area contributed by atoms with Crippen LogP contribution in [0.2, 0.25) is 10.0 Å². The van der Waals surface area contributed by atoms with Crippen LogP contribution in [0.25, 0.3) is 22.5 Å². The Balaban J connectivity index is 1.38. The second-order valence-corrected chi connectivity index (χ2v) is 11.2. The summed E-state index contributed by atoms with van der Waals surface area (Å²) in [5, 5.41) is 4.02. The number of anilines is 1. The molecule has 1 aliphatic rings. The van der Waals surface area contributed by atoms with E-state index in [2.05, 4.69) is 10.3 Å². The molecule has 0 fully saturated rings. The Bertz CT molecular complexity index is 1920. The van der Waals surface area contributed by atoms with Crippen LogP contribution in [-0.4, -0.2) is 41.2 Å². The Morgan fingerprint density at radius 2 is 1.78 bits per heavy atom. The van der Waals surface area contributed by atoms with Crippen molar-refractivity contribution in [1.82, 2.24) is 18.9 Å². The van der Waals surface area contributed by atoms with Gasteiger partial charge in [0.1, 0.15) is 11.3 Å². The smallest absolute Gasteiger partial charge is 0.353 e. The monoisotopic (exact) mass is 585 g/mol. The number of hydrogen-bond acceptors (Lipinski definition) is 5. The summed E-state index contributed by atoms with van der Waals surface area (Å²) >= 11 is 12.2. The number of nitrogens with one attached hydrogen (secondary N) is 1. The van der Waals surface area contributed by atoms with Gasteiger partial charge in [0.15, 0.2) is 12.3 Å². The van der Waals surface area contributed by atoms with Gasteiger partial charge in [-0.2, -0.15) is 4.58 Å². The van der Waals surface area contributed by atoms with E-state index in [9.17, 15) is 9.59 Å². The molecule has 41 heavy (non-hydrogen) atoms. The summed E-state index contributed by atoms with van der Waals surface area (Å²) in [6, 6.07) is 16.7. The minimum Gasteiger partial charge on any atom is -0.353 e. The highest BCUT2D eigenvalue weighted by atomic mass is 35.5. The van der Waals surface area contributed by atoms with Crippen LogP contribution >= 0.6 is 23.2 Å². The quantitative estimate of drug-likeness (QED) is 0.254. The molecule has 0 atom stereocenters. The summed E-state index contributed by atoms with van der Waals surface area (Å²) in [6.07, 6.45) is 5.95. The van der Waals surface area contributed by atoms with Crippen molar-refractivity contribution in [3.05, 3.63) is 110 Å². The van der Waals surface area contributed by atoms with E-state index in [0.29, 0.717) is 44.9 Å². The predicted octanol–water partition coefficient (Wildman–Crippen LogP) is 6.04. The van der Waals surface area contributed by atoms with Crippen molar-refractivity contribution in [2.45, 2.75) is 39.8 Å². The van der Waals surface area contributed by atoms with Crippen LogP contribution in [0.15, 0.2) is 78.0 Å². The van der Waals surface area contributed by atoms with Crippen LogP contribution in [0.3, 0.4) is 0 Å². The van der Waals surface area contributed by atoms with Crippen LogP contribution in [0, 0.1) is 0 Å². The highest BCUT2D eigenvalue weighted by Gasteiger charge is 2.33. The summed E-state index contributed by atoms with van der Waals surface area (Å²) in [5.41, 5.74) is 5.76. The normalized spacial score (nSPS) is 13.1. The van der Waals surface area contributed by atoms with Crippen molar-refractivity contribution in [2.24, 2.45) is 0 Å². The molecule has 3 aromatic heterocycles. The van der Waals surface area contributed by atoms with Gasteiger partial charge in [-0.1, -0.05) is 35.3 Å². The number of carbonyl (C=O) groups excluding carboxylic acids is 1. The molecule has 206 valence electrons. The average Bonchev–Trinajstić information content (AvgIpc) is 3.42. The topological polar surface area (TPSA) is 84.3 Å². The van der Waals surface area contributed by atoms with Gasteiger partial charge in [0, 0.05) is 31.6 Å². The molecular weight excluding hydrogens is 559 g/mol. The third kappa shape index (κ3) is 5.05. The fraction of sp³-hybridized carbons (Fsp3) is 0.194. The molecule has 0 saturated carbocycles. The second-order valence-electron chi connectivity index (χ2n) is 10.4. The van der Waals surface area contributed by atoms with E-state index in [1.54, 1.807) is 33.5 Å². The fourth-order valence-electron chi connectivity index (χ4n) is 5.06. The Morgan fingerprint density at radius 1 is 1.00 bits per heavy atom. The van der Waals surface area contributed by atoms with E-state index in [4.69, 9.17) is 28.2 Å². The van der Waals surface area contributed by atoms with Gasteiger partial charge < -0.3 is 9.72 Å². The van der Waals surface area contributed by atoms with Gasteiger partial charge in [-0.05, 0) is 67.4 Å². The van der Waals surface area contributed by atoms with Crippen LogP contribution in [0.5, 0.6) is 0 Å². The molecule has 0 aliphatic carbocycles. The van der Waals surface area contributed by atoms with Gasteiger partial charge >= 0.3 is 5.91 Å². The Labute approximate surface area is 246 Å². The third-order valence-electron chi connectivity index (χ3n) is 7.15. The highest BCUT2D eigenvalue weighted by Crippen LogP contribution is 2.26. The number of benzene rings is 2.